The Balaban J connectivity index is 1.93. The minimum absolute atomic E-state index is 0.0846. The molecule has 0 spiro atoms. The zero-order valence-corrected chi connectivity index (χ0v) is 14.6. The van der Waals surface area contributed by atoms with Gasteiger partial charge in [-0.3, -0.25) is 4.79 Å². The number of carbonyl (C=O) groups excluding carboxylic acids is 1. The van der Waals surface area contributed by atoms with E-state index in [4.69, 9.17) is 4.74 Å². The highest BCUT2D eigenvalue weighted by atomic mass is 32.2. The van der Waals surface area contributed by atoms with Crippen LogP contribution in [-0.4, -0.2) is 33.7 Å². The van der Waals surface area contributed by atoms with Gasteiger partial charge in [0.2, 0.25) is 0 Å². The Bertz CT molecular complexity index is 798. The molecule has 0 saturated heterocycles. The summed E-state index contributed by atoms with van der Waals surface area (Å²) in [6.45, 7) is 2.08. The van der Waals surface area contributed by atoms with Crippen molar-refractivity contribution < 1.29 is 17.9 Å². The smallest absolute Gasteiger partial charge is 0.255 e. The third-order valence-corrected chi connectivity index (χ3v) is 5.46. The number of nitrogens with one attached hydrogen (secondary N) is 1. The SMILES string of the molecule is CCS(=O)(=O)c1ccc(CCNC(=O)c2ccccc2OC)cc1. The molecule has 0 aliphatic rings. The van der Waals surface area contributed by atoms with Gasteiger partial charge in [-0.1, -0.05) is 31.2 Å². The van der Waals surface area contributed by atoms with Crippen molar-refractivity contribution in [1.29, 1.82) is 0 Å². The largest absolute Gasteiger partial charge is 0.496 e. The van der Waals surface area contributed by atoms with Crippen LogP contribution >= 0.6 is 0 Å². The van der Waals surface area contributed by atoms with E-state index in [1.807, 2.05) is 6.07 Å². The highest BCUT2D eigenvalue weighted by Gasteiger charge is 2.12. The van der Waals surface area contributed by atoms with E-state index in [0.717, 1.165) is 5.56 Å². The maximum atomic E-state index is 12.2. The molecule has 0 aromatic heterocycles. The molecule has 0 radical (unpaired) electrons. The number of rotatable bonds is 7. The minimum atomic E-state index is -3.18. The molecule has 0 aliphatic carbocycles. The Morgan fingerprint density at radius 1 is 1.08 bits per heavy atom. The normalized spacial score (nSPS) is 11.1. The predicted molar refractivity (Wildman–Crippen MR) is 93.2 cm³/mol. The van der Waals surface area contributed by atoms with Crippen molar-refractivity contribution >= 4 is 15.7 Å². The van der Waals surface area contributed by atoms with Gasteiger partial charge in [-0.2, -0.15) is 0 Å². The molecule has 2 aromatic carbocycles. The molecule has 0 atom stereocenters. The van der Waals surface area contributed by atoms with Crippen LogP contribution in [0, 0.1) is 0 Å². The average Bonchev–Trinajstić information content (AvgIpc) is 2.62. The number of sulfone groups is 1. The number of amides is 1. The van der Waals surface area contributed by atoms with E-state index in [0.29, 0.717) is 29.2 Å². The van der Waals surface area contributed by atoms with Crippen LogP contribution in [0.4, 0.5) is 0 Å². The number of para-hydroxylation sites is 1. The van der Waals surface area contributed by atoms with Gasteiger partial charge in [0.25, 0.3) is 5.91 Å². The molecule has 5 nitrogen and oxygen atoms in total. The van der Waals surface area contributed by atoms with E-state index in [1.165, 1.54) is 7.11 Å². The highest BCUT2D eigenvalue weighted by molar-refractivity contribution is 7.91. The van der Waals surface area contributed by atoms with Crippen molar-refractivity contribution in [2.24, 2.45) is 0 Å². The maximum Gasteiger partial charge on any atom is 0.255 e. The molecule has 0 fully saturated rings. The molecule has 0 heterocycles. The summed E-state index contributed by atoms with van der Waals surface area (Å²) in [5.41, 5.74) is 1.45. The fraction of sp³-hybridized carbons (Fsp3) is 0.278. The summed E-state index contributed by atoms with van der Waals surface area (Å²) in [6.07, 6.45) is 0.618. The Morgan fingerprint density at radius 2 is 1.75 bits per heavy atom. The van der Waals surface area contributed by atoms with Gasteiger partial charge >= 0.3 is 0 Å². The van der Waals surface area contributed by atoms with Gasteiger partial charge in [0, 0.05) is 6.54 Å². The second-order valence-corrected chi connectivity index (χ2v) is 7.53. The van der Waals surface area contributed by atoms with Crippen molar-refractivity contribution in [3.8, 4) is 5.75 Å². The standard InChI is InChI=1S/C18H21NO4S/c1-3-24(21,22)15-10-8-14(9-11-15)12-13-19-18(20)16-6-4-5-7-17(16)23-2/h4-11H,3,12-13H2,1-2H3,(H,19,20). The summed E-state index contributed by atoms with van der Waals surface area (Å²) in [7, 11) is -1.65. The molecular weight excluding hydrogens is 326 g/mol. The molecule has 0 aliphatic heterocycles. The number of ether oxygens (including phenoxy) is 1. The Labute approximate surface area is 142 Å². The van der Waals surface area contributed by atoms with Gasteiger partial charge in [-0.25, -0.2) is 8.42 Å². The van der Waals surface area contributed by atoms with E-state index in [1.54, 1.807) is 49.4 Å². The quantitative estimate of drug-likeness (QED) is 0.835. The van der Waals surface area contributed by atoms with Crippen LogP contribution in [0.5, 0.6) is 5.75 Å². The molecular formula is C18H21NO4S. The lowest BCUT2D eigenvalue weighted by Gasteiger charge is -2.09. The van der Waals surface area contributed by atoms with Crippen molar-refractivity contribution in [3.05, 3.63) is 59.7 Å². The fourth-order valence-corrected chi connectivity index (χ4v) is 3.16. The number of hydrogen-bond donors (Lipinski definition) is 1. The van der Waals surface area contributed by atoms with Crippen molar-refractivity contribution in [1.82, 2.24) is 5.32 Å². The lowest BCUT2D eigenvalue weighted by Crippen LogP contribution is -2.26. The first-order valence-corrected chi connectivity index (χ1v) is 9.36. The number of carbonyl (C=O) groups is 1. The highest BCUT2D eigenvalue weighted by Crippen LogP contribution is 2.17. The summed E-state index contributed by atoms with van der Waals surface area (Å²) in [5, 5.41) is 2.84. The lowest BCUT2D eigenvalue weighted by molar-refractivity contribution is 0.0951. The van der Waals surface area contributed by atoms with Crippen LogP contribution in [0.15, 0.2) is 53.4 Å². The molecule has 24 heavy (non-hydrogen) atoms. The topological polar surface area (TPSA) is 72.5 Å². The molecule has 1 amide bonds. The summed E-state index contributed by atoms with van der Waals surface area (Å²) < 4.78 is 28.7. The van der Waals surface area contributed by atoms with E-state index >= 15 is 0 Å². The fourth-order valence-electron chi connectivity index (χ4n) is 2.28. The van der Waals surface area contributed by atoms with E-state index in [-0.39, 0.29) is 11.7 Å². The molecule has 2 aromatic rings. The zero-order valence-electron chi connectivity index (χ0n) is 13.8. The summed E-state index contributed by atoms with van der Waals surface area (Å²) in [6, 6.07) is 13.8. The molecule has 2 rings (SSSR count). The van der Waals surface area contributed by atoms with Crippen LogP contribution in [-0.2, 0) is 16.3 Å². The molecule has 0 bridgehead atoms. The Morgan fingerprint density at radius 3 is 2.38 bits per heavy atom. The molecule has 1 N–H and O–H groups in total. The van der Waals surface area contributed by atoms with E-state index in [9.17, 15) is 13.2 Å². The monoisotopic (exact) mass is 347 g/mol. The van der Waals surface area contributed by atoms with E-state index in [2.05, 4.69) is 5.32 Å². The van der Waals surface area contributed by atoms with Crippen molar-refractivity contribution in [2.75, 3.05) is 19.4 Å². The van der Waals surface area contributed by atoms with Crippen molar-refractivity contribution in [3.63, 3.8) is 0 Å². The summed E-state index contributed by atoms with van der Waals surface area (Å²) >= 11 is 0. The third-order valence-electron chi connectivity index (χ3n) is 3.71. The molecule has 6 heteroatoms. The average molecular weight is 347 g/mol. The predicted octanol–water partition coefficient (Wildman–Crippen LogP) is 2.46. The number of hydrogen-bond acceptors (Lipinski definition) is 4. The van der Waals surface area contributed by atoms with Gasteiger partial charge in [0.15, 0.2) is 9.84 Å². The first-order valence-electron chi connectivity index (χ1n) is 7.71. The maximum absolute atomic E-state index is 12.2. The van der Waals surface area contributed by atoms with Crippen LogP contribution in [0.1, 0.15) is 22.8 Å². The zero-order chi connectivity index (χ0) is 17.6. The second kappa shape index (κ2) is 7.97. The van der Waals surface area contributed by atoms with E-state index < -0.39 is 9.84 Å². The first kappa shape index (κ1) is 18.0. The number of methoxy groups -OCH3 is 1. The van der Waals surface area contributed by atoms with Gasteiger partial charge in [-0.15, -0.1) is 0 Å². The summed E-state index contributed by atoms with van der Waals surface area (Å²) in [5.74, 6) is 0.420. The van der Waals surface area contributed by atoms with Crippen LogP contribution in [0.25, 0.3) is 0 Å². The van der Waals surface area contributed by atoms with Crippen LogP contribution < -0.4 is 10.1 Å². The number of benzene rings is 2. The Kier molecular flexibility index (Phi) is 5.98. The second-order valence-electron chi connectivity index (χ2n) is 5.25. The minimum Gasteiger partial charge on any atom is -0.496 e. The van der Waals surface area contributed by atoms with Gasteiger partial charge in [0.05, 0.1) is 23.3 Å². The van der Waals surface area contributed by atoms with Gasteiger partial charge in [-0.05, 0) is 36.2 Å². The molecule has 0 unspecified atom stereocenters. The first-order chi connectivity index (χ1) is 11.5. The molecule has 128 valence electrons. The van der Waals surface area contributed by atoms with Gasteiger partial charge < -0.3 is 10.1 Å². The summed E-state index contributed by atoms with van der Waals surface area (Å²) in [4.78, 5) is 12.5. The van der Waals surface area contributed by atoms with Crippen molar-refractivity contribution in [2.45, 2.75) is 18.2 Å². The third kappa shape index (κ3) is 4.35. The van der Waals surface area contributed by atoms with Crippen LogP contribution in [0.2, 0.25) is 0 Å². The Hall–Kier alpha value is -2.34. The molecule has 0 saturated carbocycles. The van der Waals surface area contributed by atoms with Gasteiger partial charge in [0.1, 0.15) is 5.75 Å². The lowest BCUT2D eigenvalue weighted by atomic mass is 10.1. The van der Waals surface area contributed by atoms with Crippen LogP contribution in [0.3, 0.4) is 0 Å².